The Morgan fingerprint density at radius 1 is 0.779 bits per heavy atom. The van der Waals surface area contributed by atoms with Crippen LogP contribution in [0.2, 0.25) is 0 Å². The van der Waals surface area contributed by atoms with Crippen LogP contribution in [0.15, 0.2) is 24.3 Å². The number of rotatable bonds is 20. The quantitative estimate of drug-likeness (QED) is 0.0857. The first-order valence-corrected chi connectivity index (χ1v) is 25.5. The Hall–Kier alpha value is -4.81. The van der Waals surface area contributed by atoms with Crippen molar-refractivity contribution in [3.05, 3.63) is 29.8 Å². The van der Waals surface area contributed by atoms with Crippen molar-refractivity contribution in [3.8, 4) is 5.75 Å². The second-order valence-electron chi connectivity index (χ2n) is 19.5. The summed E-state index contributed by atoms with van der Waals surface area (Å²) in [6.07, 6.45) is 8.56. The number of nitrogens with zero attached hydrogens (tertiary/aromatic N) is 2. The number of aryl methyl sites for hydroxylation is 1. The van der Waals surface area contributed by atoms with Gasteiger partial charge >= 0.3 is 0 Å². The van der Waals surface area contributed by atoms with Gasteiger partial charge in [-0.15, -0.1) is 0 Å². The van der Waals surface area contributed by atoms with Crippen molar-refractivity contribution in [2.45, 2.75) is 198 Å². The van der Waals surface area contributed by atoms with Crippen LogP contribution < -0.4 is 32.3 Å². The van der Waals surface area contributed by atoms with Crippen LogP contribution in [0.25, 0.3) is 0 Å². The third-order valence-electron chi connectivity index (χ3n) is 14.0. The highest BCUT2D eigenvalue weighted by Gasteiger charge is 2.45. The van der Waals surface area contributed by atoms with Crippen LogP contribution in [-0.2, 0) is 40.0 Å². The van der Waals surface area contributed by atoms with Crippen LogP contribution >= 0.6 is 0 Å². The minimum Gasteiger partial charge on any atom is -0.508 e. The molecule has 1 aromatic rings. The molecule has 0 radical (unpaired) electrons. The number of phenolic OH excluding ortho intramolecular Hbond substituents is 1. The number of carbonyl (C=O) groups excluding carboxylic acids is 7. The number of aromatic hydroxyl groups is 1. The van der Waals surface area contributed by atoms with Crippen LogP contribution in [0.3, 0.4) is 0 Å². The molecule has 0 saturated carbocycles. The van der Waals surface area contributed by atoms with Crippen molar-refractivity contribution >= 4 is 41.4 Å². The molecule has 6 unspecified atom stereocenters. The van der Waals surface area contributed by atoms with Gasteiger partial charge in [-0.25, -0.2) is 0 Å². The molecule has 1 aromatic carbocycles. The maximum atomic E-state index is 14.3. The monoisotopic (exact) mass is 955 g/mol. The maximum absolute atomic E-state index is 14.3. The molecule has 7 amide bonds. The average molecular weight is 955 g/mol. The number of benzene rings is 1. The fraction of sp³-hybridized carbons (Fsp3) is 0.740. The van der Waals surface area contributed by atoms with Gasteiger partial charge in [-0.05, 0) is 107 Å². The molecule has 10 N–H and O–H groups in total. The van der Waals surface area contributed by atoms with E-state index in [2.05, 4.69) is 47.4 Å². The van der Waals surface area contributed by atoms with E-state index in [4.69, 9.17) is 5.73 Å². The number of hydrogen-bond acceptors (Lipinski definition) is 11. The predicted octanol–water partition coefficient (Wildman–Crippen LogP) is 2.44. The zero-order valence-electron chi connectivity index (χ0n) is 41.0. The molecule has 18 heteroatoms. The lowest BCUT2D eigenvalue weighted by molar-refractivity contribution is -0.146. The molecule has 0 aliphatic carbocycles. The maximum Gasteiger partial charge on any atom is 0.248 e. The van der Waals surface area contributed by atoms with E-state index < -0.39 is 83.9 Å². The van der Waals surface area contributed by atoms with Gasteiger partial charge in [0.1, 0.15) is 42.0 Å². The standard InChI is InChI=1S/C50H82N8O10/c1-5-32(3)31-33(4)15-11-9-7-8-10-12-18-42(62)53-37-16-13-28-52-48(66)44-41(61)26-30-58(44)50(68)43(40(60)25-27-51)56-46(64)38(24-21-34-19-22-35(59)23-20-34)55-47(65)39-17-14-29-57(39)49(67)36(6-2)54-45(37)63/h19-20,22-23,32-33,36-41,43-44,59-61H,5-18,21,24-31,51H2,1-4H3,(H,52,66)(H,53,62)(H,54,63)(H,55,65)(H,56,64)/t32?,33?,36?,37-,38?,39-,40+,41-,43?,44?/m0/s1. The zero-order valence-corrected chi connectivity index (χ0v) is 41.0. The minimum absolute atomic E-state index is 0.0121. The van der Waals surface area contributed by atoms with E-state index in [1.807, 2.05) is 0 Å². The topological polar surface area (TPSA) is 273 Å². The van der Waals surface area contributed by atoms with Crippen molar-refractivity contribution in [3.63, 3.8) is 0 Å². The number of aliphatic hydroxyl groups is 2. The van der Waals surface area contributed by atoms with E-state index in [0.29, 0.717) is 12.8 Å². The van der Waals surface area contributed by atoms with Crippen LogP contribution in [0.1, 0.15) is 149 Å². The van der Waals surface area contributed by atoms with Gasteiger partial charge in [0.05, 0.1) is 12.2 Å². The highest BCUT2D eigenvalue weighted by atomic mass is 16.3. The van der Waals surface area contributed by atoms with Crippen LogP contribution in [0.4, 0.5) is 0 Å². The number of unbranched alkanes of at least 4 members (excludes halogenated alkanes) is 5. The van der Waals surface area contributed by atoms with Crippen molar-refractivity contribution in [1.29, 1.82) is 0 Å². The first-order valence-electron chi connectivity index (χ1n) is 25.5. The molecule has 0 spiro atoms. The Bertz CT molecular complexity index is 1800. The van der Waals surface area contributed by atoms with Gasteiger partial charge in [0, 0.05) is 26.1 Å². The molecule has 3 fully saturated rings. The molecule has 10 atom stereocenters. The number of fused-ring (bicyclic) bond motifs is 2. The second kappa shape index (κ2) is 28.6. The Morgan fingerprint density at radius 3 is 2.16 bits per heavy atom. The van der Waals surface area contributed by atoms with Gasteiger partial charge in [0.25, 0.3) is 0 Å². The summed E-state index contributed by atoms with van der Waals surface area (Å²) in [5.74, 6) is -2.84. The number of aliphatic hydroxyl groups excluding tert-OH is 2. The van der Waals surface area contributed by atoms with Crippen LogP contribution in [0.5, 0.6) is 5.75 Å². The van der Waals surface area contributed by atoms with Crippen molar-refractivity contribution in [2.24, 2.45) is 17.6 Å². The first kappa shape index (κ1) is 55.8. The summed E-state index contributed by atoms with van der Waals surface area (Å²) < 4.78 is 0. The van der Waals surface area contributed by atoms with E-state index in [9.17, 15) is 48.9 Å². The molecule has 3 aliphatic rings. The summed E-state index contributed by atoms with van der Waals surface area (Å²) in [5, 5.41) is 45.9. The van der Waals surface area contributed by atoms with Gasteiger partial charge in [-0.2, -0.15) is 0 Å². The Labute approximate surface area is 403 Å². The average Bonchev–Trinajstić information content (AvgIpc) is 3.97. The lowest BCUT2D eigenvalue weighted by atomic mass is 9.91. The molecular weight excluding hydrogens is 873 g/mol. The molecule has 3 aliphatic heterocycles. The lowest BCUT2D eigenvalue weighted by Crippen LogP contribution is -2.62. The normalized spacial score (nSPS) is 26.1. The zero-order chi connectivity index (χ0) is 49.8. The summed E-state index contributed by atoms with van der Waals surface area (Å²) in [6.45, 7) is 8.72. The molecule has 4 rings (SSSR count). The van der Waals surface area contributed by atoms with Crippen molar-refractivity contribution in [2.75, 3.05) is 26.2 Å². The van der Waals surface area contributed by atoms with E-state index in [1.165, 1.54) is 42.7 Å². The van der Waals surface area contributed by atoms with Gasteiger partial charge < -0.3 is 57.4 Å². The Morgan fingerprint density at radius 2 is 1.47 bits per heavy atom. The van der Waals surface area contributed by atoms with Gasteiger partial charge in [-0.1, -0.05) is 84.8 Å². The highest BCUT2D eigenvalue weighted by molar-refractivity contribution is 5.97. The smallest absolute Gasteiger partial charge is 0.248 e. The summed E-state index contributed by atoms with van der Waals surface area (Å²) in [7, 11) is 0. The van der Waals surface area contributed by atoms with Gasteiger partial charge in [0.2, 0.25) is 41.4 Å². The minimum atomic E-state index is -1.61. The SMILES string of the molecule is CCC(C)CC(C)CCCCCCCCC(=O)N[C@H]1CCCNC(=O)C2[C@@H](O)CCN2C(=O)C([C@H](O)CCN)NC(=O)C(CCc2ccc(O)cc2)NC(=O)[C@@H]2CCCN2C(=O)C(CC)NC1=O. The largest absolute Gasteiger partial charge is 0.508 e. The second-order valence-corrected chi connectivity index (χ2v) is 19.5. The number of hydrogen-bond donors (Lipinski definition) is 9. The molecular formula is C50H82N8O10. The van der Waals surface area contributed by atoms with Crippen LogP contribution in [-0.4, -0.2) is 141 Å². The lowest BCUT2D eigenvalue weighted by Gasteiger charge is -2.33. The van der Waals surface area contributed by atoms with Gasteiger partial charge in [-0.3, -0.25) is 33.6 Å². The van der Waals surface area contributed by atoms with Gasteiger partial charge in [0.15, 0.2) is 0 Å². The molecule has 3 heterocycles. The summed E-state index contributed by atoms with van der Waals surface area (Å²) >= 11 is 0. The molecule has 18 nitrogen and oxygen atoms in total. The summed E-state index contributed by atoms with van der Waals surface area (Å²) in [5.41, 5.74) is 6.50. The number of nitrogens with two attached hydrogens (primary N) is 1. The fourth-order valence-electron chi connectivity index (χ4n) is 9.67. The number of nitrogens with one attached hydrogen (secondary N) is 5. The molecule has 382 valence electrons. The van der Waals surface area contributed by atoms with E-state index in [0.717, 1.165) is 48.0 Å². The van der Waals surface area contributed by atoms with E-state index >= 15 is 0 Å². The third-order valence-corrected chi connectivity index (χ3v) is 14.0. The highest BCUT2D eigenvalue weighted by Crippen LogP contribution is 2.24. The fourth-order valence-corrected chi connectivity index (χ4v) is 9.67. The molecule has 0 aromatic heterocycles. The summed E-state index contributed by atoms with van der Waals surface area (Å²) in [6, 6.07) is -1.05. The molecule has 68 heavy (non-hydrogen) atoms. The predicted molar refractivity (Wildman–Crippen MR) is 257 cm³/mol. The van der Waals surface area contributed by atoms with Crippen molar-refractivity contribution < 1.29 is 48.9 Å². The number of amides is 7. The summed E-state index contributed by atoms with van der Waals surface area (Å²) in [4.78, 5) is 101. The number of phenols is 1. The molecule has 3 saturated heterocycles. The third kappa shape index (κ3) is 17.0. The number of carbonyl (C=O) groups is 7. The Balaban J connectivity index is 1.54. The first-order chi connectivity index (χ1) is 32.6. The van der Waals surface area contributed by atoms with Crippen LogP contribution in [0, 0.1) is 11.8 Å². The van der Waals surface area contributed by atoms with E-state index in [-0.39, 0.29) is 95.6 Å². The van der Waals surface area contributed by atoms with E-state index in [1.54, 1.807) is 19.1 Å². The molecule has 0 bridgehead atoms. The van der Waals surface area contributed by atoms with Crippen molar-refractivity contribution in [1.82, 2.24) is 36.4 Å². The Kier molecular flexibility index (Phi) is 23.5.